The van der Waals surface area contributed by atoms with E-state index in [-0.39, 0.29) is 28.3 Å². The number of hydrogen-bond acceptors (Lipinski definition) is 2. The van der Waals surface area contributed by atoms with Crippen LogP contribution in [0.25, 0.3) is 0 Å². The SMILES string of the molecule is Br.C=CC[N+](C)(C)CC(C)(C)CN=C([O-])CCCCCCC. The van der Waals surface area contributed by atoms with Crippen LogP contribution < -0.4 is 5.11 Å². The van der Waals surface area contributed by atoms with Crippen LogP contribution in [0.15, 0.2) is 17.6 Å². The summed E-state index contributed by atoms with van der Waals surface area (Å²) in [6.07, 6.45) is 8.46. The highest BCUT2D eigenvalue weighted by molar-refractivity contribution is 8.93. The third kappa shape index (κ3) is 13.3. The fraction of sp³-hybridized carbons (Fsp3) is 0.833. The van der Waals surface area contributed by atoms with E-state index in [0.29, 0.717) is 13.0 Å². The minimum Gasteiger partial charge on any atom is -0.862 e. The molecule has 0 aromatic carbocycles. The van der Waals surface area contributed by atoms with Crippen molar-refractivity contribution in [1.29, 1.82) is 0 Å². The van der Waals surface area contributed by atoms with Gasteiger partial charge in [0.1, 0.15) is 0 Å². The second-order valence-electron chi connectivity index (χ2n) is 7.60. The van der Waals surface area contributed by atoms with Gasteiger partial charge in [-0.1, -0.05) is 53.0 Å². The highest BCUT2D eigenvalue weighted by Crippen LogP contribution is 2.20. The molecule has 3 nitrogen and oxygen atoms in total. The van der Waals surface area contributed by atoms with Crippen molar-refractivity contribution in [2.45, 2.75) is 59.3 Å². The number of unbranched alkanes of at least 4 members (excludes halogenated alkanes) is 4. The Morgan fingerprint density at radius 3 is 2.32 bits per heavy atom. The van der Waals surface area contributed by atoms with Gasteiger partial charge < -0.3 is 14.6 Å². The molecule has 0 bridgehead atoms. The first kappa shape index (κ1) is 23.9. The van der Waals surface area contributed by atoms with Crippen molar-refractivity contribution in [1.82, 2.24) is 0 Å². The fourth-order valence-corrected chi connectivity index (χ4v) is 2.88. The molecule has 0 amide bonds. The van der Waals surface area contributed by atoms with Gasteiger partial charge in [-0.3, -0.25) is 0 Å². The van der Waals surface area contributed by atoms with Crippen LogP contribution in [0.1, 0.15) is 59.3 Å². The average molecular weight is 377 g/mol. The molecule has 0 aromatic rings. The van der Waals surface area contributed by atoms with Gasteiger partial charge in [-0.05, 0) is 24.8 Å². The van der Waals surface area contributed by atoms with E-state index in [1.165, 1.54) is 19.3 Å². The standard InChI is InChI=1S/C18H36N2O.BrH/c1-7-9-10-11-12-13-17(21)19-15-18(3,4)16-20(5,6)14-8-2;/h8H,2,7,9-16H2,1,3-6H3;1H. The average Bonchev–Trinajstić information content (AvgIpc) is 2.35. The van der Waals surface area contributed by atoms with E-state index in [1.54, 1.807) is 0 Å². The topological polar surface area (TPSA) is 35.4 Å². The van der Waals surface area contributed by atoms with Gasteiger partial charge in [0.2, 0.25) is 0 Å². The highest BCUT2D eigenvalue weighted by atomic mass is 79.9. The van der Waals surface area contributed by atoms with E-state index in [2.05, 4.69) is 46.4 Å². The largest absolute Gasteiger partial charge is 0.862 e. The van der Waals surface area contributed by atoms with Crippen LogP contribution in [-0.2, 0) is 0 Å². The molecule has 0 N–H and O–H groups in total. The summed E-state index contributed by atoms with van der Waals surface area (Å²) in [6.45, 7) is 12.9. The number of hydrogen-bond donors (Lipinski definition) is 0. The first-order valence-corrected chi connectivity index (χ1v) is 8.36. The van der Waals surface area contributed by atoms with Gasteiger partial charge in [-0.15, -0.1) is 17.0 Å². The van der Waals surface area contributed by atoms with E-state index in [9.17, 15) is 5.11 Å². The van der Waals surface area contributed by atoms with Gasteiger partial charge in [-0.2, -0.15) is 0 Å². The predicted octanol–water partition coefficient (Wildman–Crippen LogP) is 3.97. The monoisotopic (exact) mass is 376 g/mol. The van der Waals surface area contributed by atoms with Gasteiger partial charge in [0.05, 0.1) is 27.2 Å². The molecule has 0 atom stereocenters. The van der Waals surface area contributed by atoms with Crippen molar-refractivity contribution in [3.8, 4) is 0 Å². The van der Waals surface area contributed by atoms with E-state index in [0.717, 1.165) is 30.4 Å². The maximum Gasteiger partial charge on any atom is 0.0967 e. The second kappa shape index (κ2) is 12.1. The molecule has 132 valence electrons. The Hall–Kier alpha value is -0.350. The van der Waals surface area contributed by atoms with Crippen LogP contribution in [0, 0.1) is 5.41 Å². The van der Waals surface area contributed by atoms with E-state index >= 15 is 0 Å². The van der Waals surface area contributed by atoms with E-state index < -0.39 is 0 Å². The number of rotatable bonds is 12. The van der Waals surface area contributed by atoms with Crippen molar-refractivity contribution in [2.75, 3.05) is 33.7 Å². The molecule has 0 aliphatic rings. The lowest BCUT2D eigenvalue weighted by Gasteiger charge is -2.36. The number of halogens is 1. The zero-order valence-electron chi connectivity index (χ0n) is 15.4. The summed E-state index contributed by atoms with van der Waals surface area (Å²) in [5.74, 6) is 0.0774. The maximum absolute atomic E-state index is 11.8. The summed E-state index contributed by atoms with van der Waals surface area (Å²) in [4.78, 5) is 4.28. The second-order valence-corrected chi connectivity index (χ2v) is 7.60. The molecule has 4 heteroatoms. The fourth-order valence-electron chi connectivity index (χ4n) is 2.88. The Morgan fingerprint density at radius 2 is 1.77 bits per heavy atom. The molecule has 0 saturated carbocycles. The van der Waals surface area contributed by atoms with E-state index in [4.69, 9.17) is 0 Å². The van der Waals surface area contributed by atoms with Crippen LogP contribution in [0.4, 0.5) is 0 Å². The maximum atomic E-state index is 11.8. The first-order chi connectivity index (χ1) is 9.72. The van der Waals surface area contributed by atoms with Crippen LogP contribution in [0.5, 0.6) is 0 Å². The molecule has 0 unspecified atom stereocenters. The Bertz CT molecular complexity index is 325. The molecule has 0 fully saturated rings. The minimum atomic E-state index is 0. The van der Waals surface area contributed by atoms with Gasteiger partial charge in [0.25, 0.3) is 0 Å². The summed E-state index contributed by atoms with van der Waals surface area (Å²) in [5.41, 5.74) is 0.0460. The third-order valence-electron chi connectivity index (χ3n) is 3.66. The molecule has 0 aliphatic heterocycles. The van der Waals surface area contributed by atoms with Gasteiger partial charge in [0, 0.05) is 12.0 Å². The Balaban J connectivity index is 0. The number of nitrogens with zero attached hydrogens (tertiary/aromatic N) is 2. The lowest BCUT2D eigenvalue weighted by molar-refractivity contribution is -0.890. The Labute approximate surface area is 148 Å². The van der Waals surface area contributed by atoms with Gasteiger partial charge >= 0.3 is 0 Å². The predicted molar refractivity (Wildman–Crippen MR) is 102 cm³/mol. The number of quaternary nitrogens is 1. The molecular weight excluding hydrogens is 340 g/mol. The van der Waals surface area contributed by atoms with Crippen LogP contribution >= 0.6 is 17.0 Å². The molecule has 0 spiro atoms. The zero-order valence-corrected chi connectivity index (χ0v) is 17.1. The van der Waals surface area contributed by atoms with Crippen molar-refractivity contribution >= 4 is 22.9 Å². The quantitative estimate of drug-likeness (QED) is 0.167. The van der Waals surface area contributed by atoms with Gasteiger partial charge in [-0.25, -0.2) is 0 Å². The Kier molecular flexibility index (Phi) is 13.2. The summed E-state index contributed by atoms with van der Waals surface area (Å²) < 4.78 is 0.886. The minimum absolute atomic E-state index is 0. The number of aliphatic imine (C=N–C) groups is 1. The lowest BCUT2D eigenvalue weighted by Crippen LogP contribution is -2.47. The normalized spacial score (nSPS) is 12.9. The Morgan fingerprint density at radius 1 is 1.18 bits per heavy atom. The molecule has 0 aromatic heterocycles. The molecule has 0 rings (SSSR count). The van der Waals surface area contributed by atoms with Crippen molar-refractivity contribution in [2.24, 2.45) is 10.4 Å². The summed E-state index contributed by atoms with van der Waals surface area (Å²) >= 11 is 0. The molecule has 22 heavy (non-hydrogen) atoms. The number of likely N-dealkylation sites (N-methyl/N-ethyl adjacent to an activating group) is 1. The van der Waals surface area contributed by atoms with Crippen molar-refractivity contribution in [3.63, 3.8) is 0 Å². The summed E-state index contributed by atoms with van der Waals surface area (Å²) in [5, 5.41) is 11.8. The van der Waals surface area contributed by atoms with Crippen molar-refractivity contribution < 1.29 is 9.59 Å². The summed E-state index contributed by atoms with van der Waals surface area (Å²) in [6, 6.07) is 0. The molecule has 0 heterocycles. The van der Waals surface area contributed by atoms with Crippen molar-refractivity contribution in [3.05, 3.63) is 12.7 Å². The van der Waals surface area contributed by atoms with Crippen LogP contribution in [-0.4, -0.2) is 44.1 Å². The highest BCUT2D eigenvalue weighted by Gasteiger charge is 2.27. The summed E-state index contributed by atoms with van der Waals surface area (Å²) in [7, 11) is 4.39. The zero-order chi connectivity index (χ0) is 16.4. The van der Waals surface area contributed by atoms with Gasteiger partial charge in [0.15, 0.2) is 0 Å². The molecule has 0 radical (unpaired) electrons. The third-order valence-corrected chi connectivity index (χ3v) is 3.66. The first-order valence-electron chi connectivity index (χ1n) is 8.36. The van der Waals surface area contributed by atoms with E-state index in [1.807, 2.05) is 6.08 Å². The molecular formula is C18H37BrN2O. The van der Waals surface area contributed by atoms with Crippen LogP contribution in [0.3, 0.4) is 0 Å². The smallest absolute Gasteiger partial charge is 0.0967 e. The molecule has 0 saturated heterocycles. The van der Waals surface area contributed by atoms with Crippen LogP contribution in [0.2, 0.25) is 0 Å². The molecule has 0 aliphatic carbocycles. The lowest BCUT2D eigenvalue weighted by atomic mass is 9.92.